The first-order chi connectivity index (χ1) is 17.3. The molecule has 0 radical (unpaired) electrons. The lowest BCUT2D eigenvalue weighted by atomic mass is 9.88. The van der Waals surface area contributed by atoms with Crippen molar-refractivity contribution in [1.82, 2.24) is 29.9 Å². The quantitative estimate of drug-likeness (QED) is 0.385. The largest absolute Gasteiger partial charge is 0.339 e. The van der Waals surface area contributed by atoms with Gasteiger partial charge in [-0.05, 0) is 69.4 Å². The summed E-state index contributed by atoms with van der Waals surface area (Å²) in [6.07, 6.45) is 10.5. The molecule has 11 heteroatoms. The number of carbonyl (C=O) groups is 2. The number of amides is 2. The van der Waals surface area contributed by atoms with Gasteiger partial charge in [0.15, 0.2) is 0 Å². The van der Waals surface area contributed by atoms with Crippen LogP contribution in [0.4, 0.5) is 5.69 Å². The minimum absolute atomic E-state index is 0.0215. The van der Waals surface area contributed by atoms with Crippen LogP contribution in [0.25, 0.3) is 0 Å². The molecule has 10 nitrogen and oxygen atoms in total. The molecule has 3 heterocycles. The van der Waals surface area contributed by atoms with Gasteiger partial charge in [-0.2, -0.15) is 10.2 Å². The van der Waals surface area contributed by atoms with E-state index in [9.17, 15) is 14.4 Å². The number of hydrogen-bond donors (Lipinski definition) is 3. The van der Waals surface area contributed by atoms with E-state index >= 15 is 0 Å². The highest BCUT2D eigenvalue weighted by Gasteiger charge is 2.48. The van der Waals surface area contributed by atoms with E-state index in [1.165, 1.54) is 12.4 Å². The number of aromatic amines is 1. The van der Waals surface area contributed by atoms with E-state index in [2.05, 4.69) is 25.8 Å². The van der Waals surface area contributed by atoms with Crippen LogP contribution in [0, 0.1) is 17.8 Å². The number of rotatable bonds is 10. The van der Waals surface area contributed by atoms with Crippen LogP contribution in [-0.4, -0.2) is 42.4 Å². The van der Waals surface area contributed by atoms with Gasteiger partial charge in [0.05, 0.1) is 23.5 Å². The standard InChI is InChI=1S/C25H30ClN7O3/c1-14(2)33-20(7-8-28-33)24(35)31-22(21(15-3-4-15)16-5-6-16)25(36)30-19-11-29-32(13-19)12-17-9-18(26)10-27-23(17)34/h7-11,13-16,21-22H,3-6,12H2,1-2H3,(H,27,34)(H,30,36)(H,31,35)/t22-/m0/s1. The Balaban J connectivity index is 1.33. The highest BCUT2D eigenvalue weighted by molar-refractivity contribution is 6.30. The van der Waals surface area contributed by atoms with Crippen LogP contribution < -0.4 is 16.2 Å². The SMILES string of the molecule is CC(C)n1nccc1C(=O)N[C@H](C(=O)Nc1cnn(Cc2cc(Cl)c[nH]c2=O)c1)C(C1CC1)C1CC1. The van der Waals surface area contributed by atoms with Crippen molar-refractivity contribution in [3.63, 3.8) is 0 Å². The molecule has 2 saturated carbocycles. The van der Waals surface area contributed by atoms with E-state index in [-0.39, 0.29) is 35.9 Å². The molecule has 3 N–H and O–H groups in total. The minimum Gasteiger partial charge on any atom is -0.339 e. The third-order valence-corrected chi connectivity index (χ3v) is 7.07. The number of pyridine rings is 1. The summed E-state index contributed by atoms with van der Waals surface area (Å²) in [5, 5.41) is 14.9. The van der Waals surface area contributed by atoms with Crippen molar-refractivity contribution in [3.8, 4) is 0 Å². The molecule has 5 rings (SSSR count). The Morgan fingerprint density at radius 1 is 1.19 bits per heavy atom. The molecule has 0 bridgehead atoms. The molecule has 2 amide bonds. The normalized spacial score (nSPS) is 16.4. The van der Waals surface area contributed by atoms with Gasteiger partial charge in [-0.15, -0.1) is 0 Å². The Hall–Kier alpha value is -3.40. The predicted molar refractivity (Wildman–Crippen MR) is 135 cm³/mol. The summed E-state index contributed by atoms with van der Waals surface area (Å²) in [7, 11) is 0. The van der Waals surface area contributed by atoms with Gasteiger partial charge < -0.3 is 15.6 Å². The molecular weight excluding hydrogens is 482 g/mol. The highest BCUT2D eigenvalue weighted by Crippen LogP contribution is 2.50. The zero-order chi connectivity index (χ0) is 25.4. The van der Waals surface area contributed by atoms with Crippen LogP contribution in [0.3, 0.4) is 0 Å². The number of carbonyl (C=O) groups excluding carboxylic acids is 2. The number of aromatic nitrogens is 5. The number of halogens is 1. The molecule has 0 unspecified atom stereocenters. The summed E-state index contributed by atoms with van der Waals surface area (Å²) < 4.78 is 3.22. The fourth-order valence-corrected chi connectivity index (χ4v) is 5.06. The monoisotopic (exact) mass is 511 g/mol. The van der Waals surface area contributed by atoms with Gasteiger partial charge >= 0.3 is 0 Å². The van der Waals surface area contributed by atoms with Crippen molar-refractivity contribution >= 4 is 29.1 Å². The van der Waals surface area contributed by atoms with E-state index in [0.29, 0.717) is 33.8 Å². The Bertz CT molecular complexity index is 1310. The van der Waals surface area contributed by atoms with Crippen LogP contribution >= 0.6 is 11.6 Å². The van der Waals surface area contributed by atoms with Crippen LogP contribution in [0.1, 0.15) is 61.6 Å². The molecule has 2 aliphatic rings. The van der Waals surface area contributed by atoms with Crippen LogP contribution in [0.2, 0.25) is 5.02 Å². The number of nitrogens with one attached hydrogen (secondary N) is 3. The fourth-order valence-electron chi connectivity index (χ4n) is 4.88. The first-order valence-corrected chi connectivity index (χ1v) is 12.7. The Morgan fingerprint density at radius 2 is 1.92 bits per heavy atom. The van der Waals surface area contributed by atoms with E-state index in [1.54, 1.807) is 33.9 Å². The predicted octanol–water partition coefficient (Wildman–Crippen LogP) is 3.22. The van der Waals surface area contributed by atoms with Crippen molar-refractivity contribution in [2.24, 2.45) is 17.8 Å². The van der Waals surface area contributed by atoms with Gasteiger partial charge in [-0.1, -0.05) is 11.6 Å². The van der Waals surface area contributed by atoms with Gasteiger partial charge in [-0.25, -0.2) is 0 Å². The van der Waals surface area contributed by atoms with E-state index < -0.39 is 6.04 Å². The average molecular weight is 512 g/mol. The minimum atomic E-state index is -0.660. The van der Waals surface area contributed by atoms with Gasteiger partial charge in [0.1, 0.15) is 11.7 Å². The van der Waals surface area contributed by atoms with E-state index in [1.807, 2.05) is 13.8 Å². The second-order valence-corrected chi connectivity index (χ2v) is 10.5. The maximum absolute atomic E-state index is 13.6. The second-order valence-electron chi connectivity index (χ2n) is 10.0. The smallest absolute Gasteiger partial charge is 0.270 e. The Labute approximate surface area is 213 Å². The molecule has 0 spiro atoms. The zero-order valence-corrected chi connectivity index (χ0v) is 21.0. The molecule has 2 aliphatic carbocycles. The van der Waals surface area contributed by atoms with Gasteiger partial charge in [0, 0.05) is 30.2 Å². The molecule has 2 fully saturated rings. The Morgan fingerprint density at radius 3 is 2.58 bits per heavy atom. The maximum atomic E-state index is 13.6. The molecule has 3 aromatic rings. The zero-order valence-electron chi connectivity index (χ0n) is 20.3. The van der Waals surface area contributed by atoms with Gasteiger partial charge in [0.25, 0.3) is 11.5 Å². The van der Waals surface area contributed by atoms with Crippen LogP contribution in [-0.2, 0) is 11.3 Å². The summed E-state index contributed by atoms with van der Waals surface area (Å²) in [5.74, 6) is 0.428. The molecular formula is C25H30ClN7O3. The third kappa shape index (κ3) is 5.38. The number of H-pyrrole nitrogens is 1. The molecule has 36 heavy (non-hydrogen) atoms. The molecule has 0 aliphatic heterocycles. The van der Waals surface area contributed by atoms with E-state index in [0.717, 1.165) is 25.7 Å². The van der Waals surface area contributed by atoms with Crippen molar-refractivity contribution in [3.05, 3.63) is 63.6 Å². The van der Waals surface area contributed by atoms with Crippen LogP contribution in [0.15, 0.2) is 41.7 Å². The third-order valence-electron chi connectivity index (χ3n) is 6.86. The lowest BCUT2D eigenvalue weighted by Gasteiger charge is -2.27. The van der Waals surface area contributed by atoms with E-state index in [4.69, 9.17) is 11.6 Å². The second kappa shape index (κ2) is 9.93. The summed E-state index contributed by atoms with van der Waals surface area (Å²) in [5.41, 5.74) is 1.14. The van der Waals surface area contributed by atoms with Crippen molar-refractivity contribution in [2.75, 3.05) is 5.32 Å². The summed E-state index contributed by atoms with van der Waals surface area (Å²) in [4.78, 5) is 41.4. The lowest BCUT2D eigenvalue weighted by Crippen LogP contribution is -2.50. The summed E-state index contributed by atoms with van der Waals surface area (Å²) in [6.45, 7) is 4.12. The van der Waals surface area contributed by atoms with Gasteiger partial charge in [0.2, 0.25) is 5.91 Å². The first kappa shape index (κ1) is 24.3. The molecule has 1 atom stereocenters. The highest BCUT2D eigenvalue weighted by atomic mass is 35.5. The number of nitrogens with zero attached hydrogens (tertiary/aromatic N) is 4. The number of hydrogen-bond acceptors (Lipinski definition) is 5. The average Bonchev–Trinajstić information content (AvgIpc) is 3.76. The topological polar surface area (TPSA) is 127 Å². The van der Waals surface area contributed by atoms with Crippen molar-refractivity contribution in [1.29, 1.82) is 0 Å². The van der Waals surface area contributed by atoms with Crippen molar-refractivity contribution < 1.29 is 9.59 Å². The van der Waals surface area contributed by atoms with Crippen LogP contribution in [0.5, 0.6) is 0 Å². The van der Waals surface area contributed by atoms with Crippen molar-refractivity contribution in [2.45, 2.75) is 58.2 Å². The first-order valence-electron chi connectivity index (χ1n) is 12.3. The lowest BCUT2D eigenvalue weighted by molar-refractivity contribution is -0.119. The molecule has 0 saturated heterocycles. The van der Waals surface area contributed by atoms with Gasteiger partial charge in [-0.3, -0.25) is 23.7 Å². The molecule has 190 valence electrons. The number of anilines is 1. The molecule has 3 aromatic heterocycles. The fraction of sp³-hybridized carbons (Fsp3) is 0.480. The summed E-state index contributed by atoms with van der Waals surface area (Å²) in [6, 6.07) is 2.62. The summed E-state index contributed by atoms with van der Waals surface area (Å²) >= 11 is 5.99. The molecule has 0 aromatic carbocycles. The Kier molecular flexibility index (Phi) is 6.70. The maximum Gasteiger partial charge on any atom is 0.270 e.